The van der Waals surface area contributed by atoms with E-state index in [9.17, 15) is 9.59 Å². The molecule has 2 aromatic heterocycles. The average molecular weight is 355 g/mol. The molecule has 1 unspecified atom stereocenters. The number of amides is 1. The van der Waals surface area contributed by atoms with Crippen LogP contribution in [0.2, 0.25) is 0 Å². The summed E-state index contributed by atoms with van der Waals surface area (Å²) in [7, 11) is 1.70. The SMILES string of the molecule is Cn1[nH]c(C2CCCCN2C(=O)c2ccnc(N3CCCC3)c2)cc1=O. The lowest BCUT2D eigenvalue weighted by Crippen LogP contribution is -2.38. The minimum Gasteiger partial charge on any atom is -0.357 e. The number of rotatable bonds is 3. The minimum absolute atomic E-state index is 0.0160. The number of aromatic nitrogens is 3. The first-order chi connectivity index (χ1) is 12.6. The van der Waals surface area contributed by atoms with Crippen LogP contribution in [0.1, 0.15) is 54.2 Å². The summed E-state index contributed by atoms with van der Waals surface area (Å²) in [6.45, 7) is 2.71. The second-order valence-corrected chi connectivity index (χ2v) is 7.22. The van der Waals surface area contributed by atoms with E-state index in [1.54, 1.807) is 25.4 Å². The molecule has 138 valence electrons. The molecule has 0 aliphatic carbocycles. The summed E-state index contributed by atoms with van der Waals surface area (Å²) in [6.07, 6.45) is 6.99. The summed E-state index contributed by atoms with van der Waals surface area (Å²) < 4.78 is 1.46. The fourth-order valence-electron chi connectivity index (χ4n) is 4.02. The summed E-state index contributed by atoms with van der Waals surface area (Å²) in [5.74, 6) is 0.900. The third kappa shape index (κ3) is 3.13. The van der Waals surface area contributed by atoms with Crippen LogP contribution >= 0.6 is 0 Å². The van der Waals surface area contributed by atoms with Crippen molar-refractivity contribution >= 4 is 11.7 Å². The van der Waals surface area contributed by atoms with Crippen LogP contribution in [0.4, 0.5) is 5.82 Å². The zero-order chi connectivity index (χ0) is 18.1. The van der Waals surface area contributed by atoms with Gasteiger partial charge in [0.05, 0.1) is 11.7 Å². The number of piperidine rings is 1. The van der Waals surface area contributed by atoms with Crippen LogP contribution in [0.5, 0.6) is 0 Å². The Labute approximate surface area is 152 Å². The van der Waals surface area contributed by atoms with Gasteiger partial charge in [-0.05, 0) is 44.2 Å². The predicted molar refractivity (Wildman–Crippen MR) is 99.3 cm³/mol. The lowest BCUT2D eigenvalue weighted by molar-refractivity contribution is 0.0605. The summed E-state index contributed by atoms with van der Waals surface area (Å²) >= 11 is 0. The number of H-pyrrole nitrogens is 1. The second kappa shape index (κ2) is 6.97. The number of carbonyl (C=O) groups excluding carboxylic acids is 1. The van der Waals surface area contributed by atoms with Crippen molar-refractivity contribution in [2.24, 2.45) is 7.05 Å². The van der Waals surface area contributed by atoms with Gasteiger partial charge in [-0.2, -0.15) is 0 Å². The number of nitrogens with zero attached hydrogens (tertiary/aromatic N) is 4. The number of aromatic amines is 1. The first-order valence-corrected chi connectivity index (χ1v) is 9.41. The molecule has 2 fully saturated rings. The van der Waals surface area contributed by atoms with Crippen LogP contribution in [0, 0.1) is 0 Å². The Kier molecular flexibility index (Phi) is 4.53. The van der Waals surface area contributed by atoms with E-state index in [0.29, 0.717) is 12.1 Å². The largest absolute Gasteiger partial charge is 0.357 e. The molecule has 2 saturated heterocycles. The van der Waals surface area contributed by atoms with E-state index in [0.717, 1.165) is 43.9 Å². The minimum atomic E-state index is -0.0754. The maximum Gasteiger partial charge on any atom is 0.266 e. The molecule has 1 N–H and O–H groups in total. The van der Waals surface area contributed by atoms with Gasteiger partial charge in [0, 0.05) is 44.5 Å². The summed E-state index contributed by atoms with van der Waals surface area (Å²) in [5.41, 5.74) is 1.42. The first kappa shape index (κ1) is 16.9. The summed E-state index contributed by atoms with van der Waals surface area (Å²) in [5, 5.41) is 3.10. The van der Waals surface area contributed by atoms with E-state index in [1.807, 2.05) is 11.0 Å². The number of hydrogen-bond donors (Lipinski definition) is 1. The third-order valence-corrected chi connectivity index (χ3v) is 5.45. The van der Waals surface area contributed by atoms with Crippen LogP contribution < -0.4 is 10.5 Å². The highest BCUT2D eigenvalue weighted by molar-refractivity contribution is 5.95. The summed E-state index contributed by atoms with van der Waals surface area (Å²) in [6, 6.07) is 5.24. The van der Waals surface area contributed by atoms with Gasteiger partial charge in [-0.15, -0.1) is 0 Å². The van der Waals surface area contributed by atoms with Crippen molar-refractivity contribution in [2.45, 2.75) is 38.1 Å². The topological polar surface area (TPSA) is 74.2 Å². The molecule has 0 saturated carbocycles. The van der Waals surface area contributed by atoms with E-state index < -0.39 is 0 Å². The molecule has 2 aromatic rings. The number of aryl methyl sites for hydroxylation is 1. The molecule has 4 heterocycles. The van der Waals surface area contributed by atoms with Crippen molar-refractivity contribution in [2.75, 3.05) is 24.5 Å². The zero-order valence-electron chi connectivity index (χ0n) is 15.1. The molecular formula is C19H25N5O2. The standard InChI is InChI=1S/C19H25N5O2/c1-22-18(25)13-15(21-22)16-6-2-3-11-24(16)19(26)14-7-8-20-17(12-14)23-9-4-5-10-23/h7-8,12-13,16,21H,2-6,9-11H2,1H3. The highest BCUT2D eigenvalue weighted by Gasteiger charge is 2.30. The average Bonchev–Trinajstić information content (AvgIpc) is 3.32. The molecule has 1 amide bonds. The van der Waals surface area contributed by atoms with Gasteiger partial charge in [-0.1, -0.05) is 0 Å². The Balaban J connectivity index is 1.61. The Morgan fingerprint density at radius 2 is 1.92 bits per heavy atom. The lowest BCUT2D eigenvalue weighted by atomic mass is 9.98. The molecule has 2 aliphatic rings. The Morgan fingerprint density at radius 3 is 2.65 bits per heavy atom. The number of carbonyl (C=O) groups is 1. The maximum atomic E-state index is 13.2. The maximum absolute atomic E-state index is 13.2. The number of pyridine rings is 1. The highest BCUT2D eigenvalue weighted by Crippen LogP contribution is 2.31. The van der Waals surface area contributed by atoms with Crippen LogP contribution in [0.25, 0.3) is 0 Å². The lowest BCUT2D eigenvalue weighted by Gasteiger charge is -2.35. The van der Waals surface area contributed by atoms with E-state index in [1.165, 1.54) is 17.5 Å². The Hall–Kier alpha value is -2.57. The number of hydrogen-bond acceptors (Lipinski definition) is 4. The summed E-state index contributed by atoms with van der Waals surface area (Å²) in [4.78, 5) is 33.6. The molecule has 2 aliphatic heterocycles. The second-order valence-electron chi connectivity index (χ2n) is 7.22. The molecule has 7 heteroatoms. The van der Waals surface area contributed by atoms with Crippen LogP contribution in [0.3, 0.4) is 0 Å². The van der Waals surface area contributed by atoms with Gasteiger partial charge in [-0.25, -0.2) is 4.98 Å². The van der Waals surface area contributed by atoms with E-state index in [-0.39, 0.29) is 17.5 Å². The van der Waals surface area contributed by atoms with Crippen molar-refractivity contribution in [3.63, 3.8) is 0 Å². The molecule has 0 spiro atoms. The van der Waals surface area contributed by atoms with Gasteiger partial charge in [0.1, 0.15) is 5.82 Å². The van der Waals surface area contributed by atoms with E-state index >= 15 is 0 Å². The Bertz CT molecular complexity index is 850. The van der Waals surface area contributed by atoms with E-state index in [2.05, 4.69) is 15.0 Å². The van der Waals surface area contributed by atoms with Gasteiger partial charge < -0.3 is 9.80 Å². The van der Waals surface area contributed by atoms with Crippen molar-refractivity contribution in [1.82, 2.24) is 19.7 Å². The van der Waals surface area contributed by atoms with Gasteiger partial charge >= 0.3 is 0 Å². The normalized spacial score (nSPS) is 20.6. The number of anilines is 1. The molecule has 1 atom stereocenters. The van der Waals surface area contributed by atoms with Crippen molar-refractivity contribution < 1.29 is 4.79 Å². The highest BCUT2D eigenvalue weighted by atomic mass is 16.2. The van der Waals surface area contributed by atoms with Crippen LogP contribution in [-0.4, -0.2) is 45.2 Å². The number of likely N-dealkylation sites (tertiary alicyclic amines) is 1. The molecular weight excluding hydrogens is 330 g/mol. The monoisotopic (exact) mass is 355 g/mol. The molecule has 0 bridgehead atoms. The predicted octanol–water partition coefficient (Wildman–Crippen LogP) is 2.08. The van der Waals surface area contributed by atoms with Crippen molar-refractivity contribution in [3.8, 4) is 0 Å². The van der Waals surface area contributed by atoms with Crippen LogP contribution in [-0.2, 0) is 7.05 Å². The third-order valence-electron chi connectivity index (χ3n) is 5.45. The molecule has 0 radical (unpaired) electrons. The zero-order valence-corrected chi connectivity index (χ0v) is 15.1. The quantitative estimate of drug-likeness (QED) is 0.915. The number of nitrogens with one attached hydrogen (secondary N) is 1. The van der Waals surface area contributed by atoms with Gasteiger partial charge in [0.25, 0.3) is 11.5 Å². The smallest absolute Gasteiger partial charge is 0.266 e. The van der Waals surface area contributed by atoms with Gasteiger partial charge in [0.2, 0.25) is 0 Å². The fraction of sp³-hybridized carbons (Fsp3) is 0.526. The fourth-order valence-corrected chi connectivity index (χ4v) is 4.02. The van der Waals surface area contributed by atoms with Crippen molar-refractivity contribution in [3.05, 3.63) is 46.0 Å². The van der Waals surface area contributed by atoms with Crippen LogP contribution in [0.15, 0.2) is 29.2 Å². The first-order valence-electron chi connectivity index (χ1n) is 9.41. The van der Waals surface area contributed by atoms with Gasteiger partial charge in [0.15, 0.2) is 0 Å². The van der Waals surface area contributed by atoms with Crippen molar-refractivity contribution in [1.29, 1.82) is 0 Å². The molecule has 7 nitrogen and oxygen atoms in total. The van der Waals surface area contributed by atoms with Gasteiger partial charge in [-0.3, -0.25) is 19.4 Å². The van der Waals surface area contributed by atoms with E-state index in [4.69, 9.17) is 0 Å². The Morgan fingerprint density at radius 1 is 1.15 bits per heavy atom. The molecule has 4 rings (SSSR count). The molecule has 26 heavy (non-hydrogen) atoms. The molecule has 0 aromatic carbocycles.